The number of nitrogens with two attached hydrogens (primary N) is 1. The number of hydrogen-bond donors (Lipinski definition) is 2. The third-order valence-electron chi connectivity index (χ3n) is 3.70. The van der Waals surface area contributed by atoms with Crippen molar-refractivity contribution >= 4 is 27.2 Å². The van der Waals surface area contributed by atoms with Gasteiger partial charge >= 0.3 is 0 Å². The highest BCUT2D eigenvalue weighted by Gasteiger charge is 2.38. The highest BCUT2D eigenvalue weighted by Crippen LogP contribution is 2.29. The number of nitrogens with one attached hydrogen (secondary N) is 1. The normalized spacial score (nSPS) is 19.2. The molecule has 2 rings (SSSR count). The molecular weight excluding hydrogens is 294 g/mol. The monoisotopic (exact) mass is 313 g/mol. The van der Waals surface area contributed by atoms with E-state index in [1.807, 2.05) is 0 Å². The van der Waals surface area contributed by atoms with Crippen molar-refractivity contribution in [2.75, 3.05) is 0 Å². The lowest BCUT2D eigenvalue weighted by molar-refractivity contribution is 0.441. The zero-order valence-corrected chi connectivity index (χ0v) is 12.8. The molecule has 0 aromatic carbocycles. The molecule has 1 fully saturated rings. The van der Waals surface area contributed by atoms with E-state index in [2.05, 4.69) is 9.71 Å². The van der Waals surface area contributed by atoms with Gasteiger partial charge in [-0.25, -0.2) is 8.42 Å². The highest BCUT2D eigenvalue weighted by atomic mass is 32.2. The van der Waals surface area contributed by atoms with Crippen molar-refractivity contribution in [1.29, 1.82) is 0 Å². The Labute approximate surface area is 125 Å². The van der Waals surface area contributed by atoms with Crippen LogP contribution in [0.3, 0.4) is 0 Å². The van der Waals surface area contributed by atoms with E-state index < -0.39 is 15.6 Å². The average molecular weight is 313 g/mol. The van der Waals surface area contributed by atoms with E-state index in [1.165, 1.54) is 18.5 Å². The first-order chi connectivity index (χ1) is 9.46. The second-order valence-electron chi connectivity index (χ2n) is 5.15. The molecule has 5 nitrogen and oxygen atoms in total. The van der Waals surface area contributed by atoms with Gasteiger partial charge < -0.3 is 5.73 Å². The van der Waals surface area contributed by atoms with Crippen molar-refractivity contribution in [1.82, 2.24) is 9.71 Å². The van der Waals surface area contributed by atoms with Crippen LogP contribution in [0, 0.1) is 0 Å². The summed E-state index contributed by atoms with van der Waals surface area (Å²) in [6, 6.07) is 3.11. The van der Waals surface area contributed by atoms with Crippen molar-refractivity contribution in [2.45, 2.75) is 49.0 Å². The Morgan fingerprint density at radius 3 is 2.45 bits per heavy atom. The predicted octanol–water partition coefficient (Wildman–Crippen LogP) is 1.74. The van der Waals surface area contributed by atoms with Gasteiger partial charge in [-0.15, -0.1) is 0 Å². The molecule has 1 saturated carbocycles. The molecule has 110 valence electrons. The summed E-state index contributed by atoms with van der Waals surface area (Å²) in [5, 5.41) is 0. The first kappa shape index (κ1) is 15.3. The zero-order valence-electron chi connectivity index (χ0n) is 11.2. The Balaban J connectivity index is 2.30. The fourth-order valence-corrected chi connectivity index (χ4v) is 4.28. The molecule has 20 heavy (non-hydrogen) atoms. The molecule has 3 N–H and O–H groups in total. The maximum absolute atomic E-state index is 12.5. The molecule has 1 aliphatic carbocycles. The predicted molar refractivity (Wildman–Crippen MR) is 81.8 cm³/mol. The minimum atomic E-state index is -3.66. The van der Waals surface area contributed by atoms with Crippen LogP contribution in [-0.4, -0.2) is 23.9 Å². The number of sulfonamides is 1. The van der Waals surface area contributed by atoms with Gasteiger partial charge in [-0.05, 0) is 25.0 Å². The molecule has 7 heteroatoms. The Kier molecular flexibility index (Phi) is 4.72. The fraction of sp³-hybridized carbons (Fsp3) is 0.538. The number of aromatic nitrogens is 1. The van der Waals surface area contributed by atoms with Gasteiger partial charge in [0.15, 0.2) is 0 Å². The summed E-state index contributed by atoms with van der Waals surface area (Å²) < 4.78 is 27.6. The van der Waals surface area contributed by atoms with Crippen LogP contribution in [0.4, 0.5) is 0 Å². The van der Waals surface area contributed by atoms with Crippen molar-refractivity contribution in [3.8, 4) is 0 Å². The van der Waals surface area contributed by atoms with Gasteiger partial charge in [0.1, 0.15) is 4.90 Å². The number of pyridine rings is 1. The fourth-order valence-electron chi connectivity index (χ4n) is 2.55. The largest absolute Gasteiger partial charge is 0.392 e. The van der Waals surface area contributed by atoms with Crippen LogP contribution in [0.15, 0.2) is 29.4 Å². The summed E-state index contributed by atoms with van der Waals surface area (Å²) in [5.41, 5.74) is 5.04. The molecule has 1 heterocycles. The van der Waals surface area contributed by atoms with Gasteiger partial charge in [0, 0.05) is 12.4 Å². The SMILES string of the molecule is NC(=S)C1(NS(=O)(=O)c2cccnc2)CCCCCC1. The molecular formula is C13H19N3O2S2. The van der Waals surface area contributed by atoms with Gasteiger partial charge in [0.2, 0.25) is 10.0 Å². The van der Waals surface area contributed by atoms with E-state index in [0.717, 1.165) is 25.7 Å². The van der Waals surface area contributed by atoms with Crippen LogP contribution in [0.1, 0.15) is 38.5 Å². The molecule has 1 aromatic rings. The Morgan fingerprint density at radius 2 is 1.95 bits per heavy atom. The number of rotatable bonds is 4. The third-order valence-corrected chi connectivity index (χ3v) is 5.62. The second-order valence-corrected chi connectivity index (χ2v) is 7.28. The van der Waals surface area contributed by atoms with Crippen molar-refractivity contribution in [3.05, 3.63) is 24.5 Å². The first-order valence-electron chi connectivity index (χ1n) is 6.70. The summed E-state index contributed by atoms with van der Waals surface area (Å²) in [7, 11) is -3.66. The van der Waals surface area contributed by atoms with E-state index in [0.29, 0.717) is 12.8 Å². The maximum Gasteiger partial charge on any atom is 0.242 e. The maximum atomic E-state index is 12.5. The lowest BCUT2D eigenvalue weighted by Gasteiger charge is -2.32. The minimum Gasteiger partial charge on any atom is -0.392 e. The summed E-state index contributed by atoms with van der Waals surface area (Å²) in [5.74, 6) is 0. The third kappa shape index (κ3) is 3.34. The van der Waals surface area contributed by atoms with Gasteiger partial charge in [-0.1, -0.05) is 37.9 Å². The topological polar surface area (TPSA) is 85.1 Å². The van der Waals surface area contributed by atoms with Gasteiger partial charge in [0.05, 0.1) is 10.5 Å². The van der Waals surface area contributed by atoms with Crippen LogP contribution < -0.4 is 10.5 Å². The molecule has 0 aliphatic heterocycles. The molecule has 0 unspecified atom stereocenters. The van der Waals surface area contributed by atoms with Gasteiger partial charge in [-0.2, -0.15) is 4.72 Å². The highest BCUT2D eigenvalue weighted by molar-refractivity contribution is 7.89. The standard InChI is InChI=1S/C13H19N3O2S2/c14-12(19)13(7-3-1-2-4-8-13)16-20(17,18)11-6-5-9-15-10-11/h5-6,9-10,16H,1-4,7-8H2,(H2,14,19). The van der Waals surface area contributed by atoms with Crippen molar-refractivity contribution in [3.63, 3.8) is 0 Å². The van der Waals surface area contributed by atoms with E-state index in [9.17, 15) is 8.42 Å². The quantitative estimate of drug-likeness (QED) is 0.653. The molecule has 0 bridgehead atoms. The van der Waals surface area contributed by atoms with Crippen LogP contribution in [0.2, 0.25) is 0 Å². The van der Waals surface area contributed by atoms with E-state index in [4.69, 9.17) is 18.0 Å². The Morgan fingerprint density at radius 1 is 1.30 bits per heavy atom. The molecule has 0 spiro atoms. The molecule has 1 aliphatic rings. The lowest BCUT2D eigenvalue weighted by atomic mass is 9.91. The zero-order chi connectivity index (χ0) is 14.6. The average Bonchev–Trinajstić information content (AvgIpc) is 2.66. The van der Waals surface area contributed by atoms with Crippen molar-refractivity contribution < 1.29 is 8.42 Å². The van der Waals surface area contributed by atoms with E-state index >= 15 is 0 Å². The molecule has 1 aromatic heterocycles. The summed E-state index contributed by atoms with van der Waals surface area (Å²) in [6.45, 7) is 0. The molecule has 0 atom stereocenters. The molecule has 0 amide bonds. The Bertz CT molecular complexity index is 565. The first-order valence-corrected chi connectivity index (χ1v) is 8.59. The number of nitrogens with zero attached hydrogens (tertiary/aromatic N) is 1. The van der Waals surface area contributed by atoms with E-state index in [-0.39, 0.29) is 9.88 Å². The van der Waals surface area contributed by atoms with Crippen LogP contribution in [-0.2, 0) is 10.0 Å². The summed E-state index contributed by atoms with van der Waals surface area (Å²) >= 11 is 5.14. The Hall–Kier alpha value is -1.05. The van der Waals surface area contributed by atoms with Crippen molar-refractivity contribution in [2.24, 2.45) is 5.73 Å². The van der Waals surface area contributed by atoms with Crippen LogP contribution in [0.5, 0.6) is 0 Å². The lowest BCUT2D eigenvalue weighted by Crippen LogP contribution is -2.56. The minimum absolute atomic E-state index is 0.139. The van der Waals surface area contributed by atoms with Crippen LogP contribution in [0.25, 0.3) is 0 Å². The second kappa shape index (κ2) is 6.15. The molecule has 0 radical (unpaired) electrons. The number of thiocarbonyl (C=S) groups is 1. The van der Waals surface area contributed by atoms with Crippen LogP contribution >= 0.6 is 12.2 Å². The number of hydrogen-bond acceptors (Lipinski definition) is 4. The summed E-state index contributed by atoms with van der Waals surface area (Å²) in [6.07, 6.45) is 8.18. The smallest absolute Gasteiger partial charge is 0.242 e. The van der Waals surface area contributed by atoms with Gasteiger partial charge in [-0.3, -0.25) is 4.98 Å². The summed E-state index contributed by atoms with van der Waals surface area (Å²) in [4.78, 5) is 4.21. The van der Waals surface area contributed by atoms with E-state index in [1.54, 1.807) is 6.07 Å². The van der Waals surface area contributed by atoms with Gasteiger partial charge in [0.25, 0.3) is 0 Å². The molecule has 0 saturated heterocycles.